The Kier molecular flexibility index (Phi) is 7.28. The van der Waals surface area contributed by atoms with Crippen LogP contribution in [0, 0.1) is 21.4 Å². The van der Waals surface area contributed by atoms with Gasteiger partial charge in [-0.3, -0.25) is 14.9 Å². The van der Waals surface area contributed by atoms with E-state index in [0.29, 0.717) is 11.3 Å². The van der Waals surface area contributed by atoms with Crippen LogP contribution in [-0.2, 0) is 11.4 Å². The van der Waals surface area contributed by atoms with Gasteiger partial charge in [-0.15, -0.1) is 0 Å². The SMILES string of the molecule is CC[C@H](C)NC(=O)/C(C#N)=C/c1ccccc1OCc1ccc([N+](=O)[O-])cc1. The van der Waals surface area contributed by atoms with Crippen molar-refractivity contribution < 1.29 is 14.5 Å². The molecule has 0 bridgehead atoms. The molecule has 0 heterocycles. The predicted octanol–water partition coefficient (Wildman–Crippen LogP) is 4.00. The number of hydrogen-bond acceptors (Lipinski definition) is 5. The zero-order valence-electron chi connectivity index (χ0n) is 15.7. The summed E-state index contributed by atoms with van der Waals surface area (Å²) in [4.78, 5) is 22.5. The number of hydrogen-bond donors (Lipinski definition) is 1. The number of nitro groups is 1. The number of rotatable bonds is 8. The molecule has 0 radical (unpaired) electrons. The number of non-ortho nitro benzene ring substituents is 1. The van der Waals surface area contributed by atoms with Gasteiger partial charge in [-0.05, 0) is 43.2 Å². The van der Waals surface area contributed by atoms with E-state index in [1.54, 1.807) is 36.4 Å². The van der Waals surface area contributed by atoms with Crippen LogP contribution in [0.2, 0.25) is 0 Å². The molecule has 0 saturated carbocycles. The Balaban J connectivity index is 2.16. The second-order valence-electron chi connectivity index (χ2n) is 6.20. The van der Waals surface area contributed by atoms with Gasteiger partial charge in [0.15, 0.2) is 0 Å². The Morgan fingerprint density at radius 2 is 1.96 bits per heavy atom. The van der Waals surface area contributed by atoms with Gasteiger partial charge in [0.1, 0.15) is 24.0 Å². The highest BCUT2D eigenvalue weighted by Crippen LogP contribution is 2.23. The first-order valence-corrected chi connectivity index (χ1v) is 8.82. The number of carbonyl (C=O) groups excluding carboxylic acids is 1. The molecule has 0 spiro atoms. The number of nitrogens with zero attached hydrogens (tertiary/aromatic N) is 2. The topological polar surface area (TPSA) is 105 Å². The third-order valence-electron chi connectivity index (χ3n) is 4.12. The van der Waals surface area contributed by atoms with Crippen molar-refractivity contribution in [1.29, 1.82) is 5.26 Å². The minimum Gasteiger partial charge on any atom is -0.488 e. The van der Waals surface area contributed by atoms with E-state index in [0.717, 1.165) is 12.0 Å². The van der Waals surface area contributed by atoms with Crippen molar-refractivity contribution in [2.75, 3.05) is 0 Å². The van der Waals surface area contributed by atoms with E-state index in [1.807, 2.05) is 19.9 Å². The molecule has 2 aromatic rings. The Labute approximate surface area is 163 Å². The lowest BCUT2D eigenvalue weighted by Gasteiger charge is -2.12. The number of benzene rings is 2. The predicted molar refractivity (Wildman–Crippen MR) is 105 cm³/mol. The smallest absolute Gasteiger partial charge is 0.269 e. The van der Waals surface area contributed by atoms with Crippen LogP contribution in [-0.4, -0.2) is 16.9 Å². The Morgan fingerprint density at radius 3 is 2.57 bits per heavy atom. The fraction of sp³-hybridized carbons (Fsp3) is 0.238. The summed E-state index contributed by atoms with van der Waals surface area (Å²) in [5.41, 5.74) is 1.37. The van der Waals surface area contributed by atoms with E-state index in [2.05, 4.69) is 5.32 Å². The number of nitriles is 1. The van der Waals surface area contributed by atoms with Crippen LogP contribution in [0.4, 0.5) is 5.69 Å². The first-order chi connectivity index (χ1) is 13.4. The normalized spacial score (nSPS) is 12.0. The van der Waals surface area contributed by atoms with Crippen molar-refractivity contribution in [3.8, 4) is 11.8 Å². The number of ether oxygens (including phenoxy) is 1. The number of para-hydroxylation sites is 1. The van der Waals surface area contributed by atoms with E-state index < -0.39 is 10.8 Å². The molecule has 0 aliphatic heterocycles. The maximum atomic E-state index is 12.2. The lowest BCUT2D eigenvalue weighted by Crippen LogP contribution is -2.32. The van der Waals surface area contributed by atoms with E-state index in [4.69, 9.17) is 4.74 Å². The van der Waals surface area contributed by atoms with Crippen molar-refractivity contribution in [2.45, 2.75) is 32.9 Å². The monoisotopic (exact) mass is 379 g/mol. The summed E-state index contributed by atoms with van der Waals surface area (Å²) in [6.45, 7) is 4.01. The molecule has 0 fully saturated rings. The molecule has 2 aromatic carbocycles. The van der Waals surface area contributed by atoms with Crippen molar-refractivity contribution >= 4 is 17.7 Å². The van der Waals surface area contributed by atoms with Gasteiger partial charge < -0.3 is 10.1 Å². The van der Waals surface area contributed by atoms with Crippen LogP contribution in [0.5, 0.6) is 5.75 Å². The lowest BCUT2D eigenvalue weighted by molar-refractivity contribution is -0.384. The third-order valence-corrected chi connectivity index (χ3v) is 4.12. The third kappa shape index (κ3) is 5.68. The quantitative estimate of drug-likeness (QED) is 0.323. The van der Waals surface area contributed by atoms with Gasteiger partial charge in [-0.25, -0.2) is 0 Å². The Morgan fingerprint density at radius 1 is 1.29 bits per heavy atom. The van der Waals surface area contributed by atoms with Gasteiger partial charge in [-0.1, -0.05) is 25.1 Å². The summed E-state index contributed by atoms with van der Waals surface area (Å²) in [7, 11) is 0. The van der Waals surface area contributed by atoms with Gasteiger partial charge in [0.05, 0.1) is 4.92 Å². The molecule has 144 valence electrons. The summed E-state index contributed by atoms with van der Waals surface area (Å²) in [5, 5.41) is 22.8. The Bertz CT molecular complexity index is 914. The average Bonchev–Trinajstić information content (AvgIpc) is 2.71. The molecular formula is C21H21N3O4. The minimum atomic E-state index is -0.460. The first kappa shape index (κ1) is 20.6. The van der Waals surface area contributed by atoms with Gasteiger partial charge >= 0.3 is 0 Å². The minimum absolute atomic E-state index is 0.00770. The molecule has 0 aliphatic carbocycles. The fourth-order valence-electron chi connectivity index (χ4n) is 2.31. The highest BCUT2D eigenvalue weighted by molar-refractivity contribution is 6.02. The van der Waals surface area contributed by atoms with E-state index >= 15 is 0 Å². The standard InChI is InChI=1S/C21H21N3O4/c1-3-15(2)23-21(25)18(13-22)12-17-6-4-5-7-20(17)28-14-16-8-10-19(11-9-16)24(26)27/h4-12,15H,3,14H2,1-2H3,(H,23,25)/b18-12+/t15-/m0/s1. The molecule has 0 unspecified atom stereocenters. The zero-order valence-corrected chi connectivity index (χ0v) is 15.7. The molecule has 7 heteroatoms. The Hall–Kier alpha value is -3.66. The fourth-order valence-corrected chi connectivity index (χ4v) is 2.31. The number of nitrogens with one attached hydrogen (secondary N) is 1. The number of nitro benzene ring substituents is 1. The summed E-state index contributed by atoms with van der Waals surface area (Å²) >= 11 is 0. The zero-order chi connectivity index (χ0) is 20.5. The molecular weight excluding hydrogens is 358 g/mol. The van der Waals surface area contributed by atoms with Crippen molar-refractivity contribution in [2.24, 2.45) is 0 Å². The maximum absolute atomic E-state index is 12.2. The van der Waals surface area contributed by atoms with E-state index in [9.17, 15) is 20.2 Å². The highest BCUT2D eigenvalue weighted by atomic mass is 16.6. The molecule has 7 nitrogen and oxygen atoms in total. The molecule has 0 aromatic heterocycles. The molecule has 2 rings (SSSR count). The van der Waals surface area contributed by atoms with Crippen LogP contribution in [0.25, 0.3) is 6.08 Å². The molecule has 1 amide bonds. The van der Waals surface area contributed by atoms with Crippen LogP contribution in [0.1, 0.15) is 31.4 Å². The molecule has 0 aliphatic rings. The second-order valence-corrected chi connectivity index (χ2v) is 6.20. The van der Waals surface area contributed by atoms with Crippen molar-refractivity contribution in [3.05, 3.63) is 75.3 Å². The summed E-state index contributed by atoms with van der Waals surface area (Å²) < 4.78 is 5.80. The molecule has 0 saturated heterocycles. The van der Waals surface area contributed by atoms with Gasteiger partial charge in [0.25, 0.3) is 11.6 Å². The maximum Gasteiger partial charge on any atom is 0.269 e. The lowest BCUT2D eigenvalue weighted by atomic mass is 10.1. The molecule has 28 heavy (non-hydrogen) atoms. The van der Waals surface area contributed by atoms with Crippen molar-refractivity contribution in [3.63, 3.8) is 0 Å². The average molecular weight is 379 g/mol. The van der Waals surface area contributed by atoms with Crippen LogP contribution in [0.3, 0.4) is 0 Å². The van der Waals surface area contributed by atoms with Crippen LogP contribution < -0.4 is 10.1 Å². The summed E-state index contributed by atoms with van der Waals surface area (Å²) in [6, 6.07) is 15.0. The van der Waals surface area contributed by atoms with Gasteiger partial charge in [-0.2, -0.15) is 5.26 Å². The van der Waals surface area contributed by atoms with E-state index in [-0.39, 0.29) is 23.9 Å². The summed E-state index contributed by atoms with van der Waals surface area (Å²) in [5.74, 6) is 0.0759. The first-order valence-electron chi connectivity index (χ1n) is 8.82. The van der Waals surface area contributed by atoms with Crippen molar-refractivity contribution in [1.82, 2.24) is 5.32 Å². The van der Waals surface area contributed by atoms with Crippen LogP contribution in [0.15, 0.2) is 54.1 Å². The summed E-state index contributed by atoms with van der Waals surface area (Å²) in [6.07, 6.45) is 2.25. The second kappa shape index (κ2) is 9.88. The van der Waals surface area contributed by atoms with Gasteiger partial charge in [0.2, 0.25) is 0 Å². The molecule has 1 N–H and O–H groups in total. The number of amides is 1. The van der Waals surface area contributed by atoms with Gasteiger partial charge in [0, 0.05) is 23.7 Å². The highest BCUT2D eigenvalue weighted by Gasteiger charge is 2.13. The number of carbonyl (C=O) groups is 1. The van der Waals surface area contributed by atoms with E-state index in [1.165, 1.54) is 18.2 Å². The molecule has 1 atom stereocenters. The van der Waals surface area contributed by atoms with Crippen LogP contribution >= 0.6 is 0 Å². The largest absolute Gasteiger partial charge is 0.488 e.